The molecule has 0 radical (unpaired) electrons. The quantitative estimate of drug-likeness (QED) is 0.364. The summed E-state index contributed by atoms with van der Waals surface area (Å²) in [5.74, 6) is 0.923. The molecule has 3 heteroatoms. The van der Waals surface area contributed by atoms with E-state index >= 15 is 0 Å². The van der Waals surface area contributed by atoms with Crippen molar-refractivity contribution in [1.82, 2.24) is 9.97 Å². The van der Waals surface area contributed by atoms with Gasteiger partial charge in [-0.3, -0.25) is 9.97 Å². The summed E-state index contributed by atoms with van der Waals surface area (Å²) in [6.45, 7) is 4.55. The van der Waals surface area contributed by atoms with Crippen LogP contribution in [0, 0.1) is 0 Å². The van der Waals surface area contributed by atoms with E-state index in [2.05, 4.69) is 16.5 Å². The fraction of sp³-hybridized carbons (Fsp3) is 0.429. The number of aromatic nitrogens is 2. The molecular formula is C21H28N2O. The predicted octanol–water partition coefficient (Wildman–Crippen LogP) is 5.83. The van der Waals surface area contributed by atoms with Crippen molar-refractivity contribution in [3.63, 3.8) is 0 Å². The highest BCUT2D eigenvalue weighted by atomic mass is 16.5. The standard InChI is InChI=1S/C21H28N2O/c1-2-3-4-5-6-7-8-9-10-17-24-20-13-11-19(12-14-20)21-18-22-15-16-23-21/h2,11-16,18H,1,3-10,17H2. The Morgan fingerprint density at radius 1 is 0.875 bits per heavy atom. The van der Waals surface area contributed by atoms with Crippen molar-refractivity contribution in [2.24, 2.45) is 0 Å². The van der Waals surface area contributed by atoms with Crippen molar-refractivity contribution in [1.29, 1.82) is 0 Å². The summed E-state index contributed by atoms with van der Waals surface area (Å²) < 4.78 is 5.81. The third kappa shape index (κ3) is 6.95. The molecule has 1 aromatic heterocycles. The van der Waals surface area contributed by atoms with E-state index in [1.165, 1.54) is 38.5 Å². The van der Waals surface area contributed by atoms with Gasteiger partial charge >= 0.3 is 0 Å². The molecule has 0 atom stereocenters. The molecule has 3 nitrogen and oxygen atoms in total. The molecule has 2 rings (SSSR count). The third-order valence-corrected chi connectivity index (χ3v) is 4.03. The van der Waals surface area contributed by atoms with Gasteiger partial charge in [-0.15, -0.1) is 6.58 Å². The number of nitrogens with zero attached hydrogens (tertiary/aromatic N) is 2. The summed E-state index contributed by atoms with van der Waals surface area (Å²) in [7, 11) is 0. The Morgan fingerprint density at radius 2 is 1.58 bits per heavy atom. The Balaban J connectivity index is 1.56. The van der Waals surface area contributed by atoms with Gasteiger partial charge in [-0.1, -0.05) is 38.2 Å². The van der Waals surface area contributed by atoms with E-state index in [-0.39, 0.29) is 0 Å². The molecule has 24 heavy (non-hydrogen) atoms. The van der Waals surface area contributed by atoms with Gasteiger partial charge in [0.25, 0.3) is 0 Å². The fourth-order valence-electron chi connectivity index (χ4n) is 2.63. The van der Waals surface area contributed by atoms with Crippen LogP contribution >= 0.6 is 0 Å². The van der Waals surface area contributed by atoms with E-state index in [1.807, 2.05) is 30.3 Å². The van der Waals surface area contributed by atoms with Gasteiger partial charge in [0.2, 0.25) is 0 Å². The molecule has 2 aromatic rings. The Kier molecular flexibility index (Phi) is 8.63. The average Bonchev–Trinajstić information content (AvgIpc) is 2.64. The molecule has 0 spiro atoms. The normalized spacial score (nSPS) is 10.5. The molecule has 0 aliphatic carbocycles. The number of hydrogen-bond donors (Lipinski definition) is 0. The molecule has 128 valence electrons. The van der Waals surface area contributed by atoms with Crippen LogP contribution in [-0.2, 0) is 0 Å². The zero-order valence-corrected chi connectivity index (χ0v) is 14.5. The summed E-state index contributed by atoms with van der Waals surface area (Å²) in [6, 6.07) is 8.07. The number of benzene rings is 1. The second kappa shape index (κ2) is 11.4. The largest absolute Gasteiger partial charge is 0.494 e. The zero-order chi connectivity index (χ0) is 16.9. The number of rotatable bonds is 12. The van der Waals surface area contributed by atoms with Gasteiger partial charge in [-0.25, -0.2) is 0 Å². The van der Waals surface area contributed by atoms with Crippen LogP contribution in [0.15, 0.2) is 55.5 Å². The lowest BCUT2D eigenvalue weighted by molar-refractivity contribution is 0.304. The number of unbranched alkanes of at least 4 members (excludes halogenated alkanes) is 7. The van der Waals surface area contributed by atoms with E-state index < -0.39 is 0 Å². The lowest BCUT2D eigenvalue weighted by Crippen LogP contribution is -1.97. The fourth-order valence-corrected chi connectivity index (χ4v) is 2.63. The van der Waals surface area contributed by atoms with Crippen LogP contribution in [0.3, 0.4) is 0 Å². The minimum absolute atomic E-state index is 0.793. The van der Waals surface area contributed by atoms with Crippen molar-refractivity contribution in [3.8, 4) is 17.0 Å². The summed E-state index contributed by atoms with van der Waals surface area (Å²) in [6.07, 6.45) is 17.3. The molecule has 1 heterocycles. The Morgan fingerprint density at radius 3 is 2.25 bits per heavy atom. The highest BCUT2D eigenvalue weighted by Crippen LogP contribution is 2.20. The monoisotopic (exact) mass is 324 g/mol. The van der Waals surface area contributed by atoms with Crippen LogP contribution in [0.2, 0.25) is 0 Å². The molecular weight excluding hydrogens is 296 g/mol. The molecule has 0 saturated heterocycles. The van der Waals surface area contributed by atoms with E-state index in [0.717, 1.165) is 36.5 Å². The average molecular weight is 324 g/mol. The van der Waals surface area contributed by atoms with Gasteiger partial charge in [0.15, 0.2) is 0 Å². The van der Waals surface area contributed by atoms with Crippen LogP contribution in [-0.4, -0.2) is 16.6 Å². The van der Waals surface area contributed by atoms with Gasteiger partial charge in [-0.2, -0.15) is 0 Å². The molecule has 0 amide bonds. The summed E-state index contributed by atoms with van der Waals surface area (Å²) in [5.41, 5.74) is 1.95. The van der Waals surface area contributed by atoms with Gasteiger partial charge in [-0.05, 0) is 43.5 Å². The van der Waals surface area contributed by atoms with Gasteiger partial charge in [0.05, 0.1) is 18.5 Å². The summed E-state index contributed by atoms with van der Waals surface area (Å²) in [4.78, 5) is 8.39. The van der Waals surface area contributed by atoms with Crippen molar-refractivity contribution < 1.29 is 4.74 Å². The van der Waals surface area contributed by atoms with E-state index in [9.17, 15) is 0 Å². The topological polar surface area (TPSA) is 35.0 Å². The molecule has 0 aliphatic rings. The first kappa shape index (κ1) is 18.2. The number of hydrogen-bond acceptors (Lipinski definition) is 3. The van der Waals surface area contributed by atoms with Crippen LogP contribution < -0.4 is 4.74 Å². The van der Waals surface area contributed by atoms with Crippen LogP contribution in [0.1, 0.15) is 51.4 Å². The molecule has 1 aromatic carbocycles. The smallest absolute Gasteiger partial charge is 0.119 e. The SMILES string of the molecule is C=CCCCCCCCCCOc1ccc(-c2cnccn2)cc1. The van der Waals surface area contributed by atoms with Crippen molar-refractivity contribution in [2.75, 3.05) is 6.61 Å². The second-order valence-corrected chi connectivity index (χ2v) is 6.02. The van der Waals surface area contributed by atoms with Gasteiger partial charge in [0.1, 0.15) is 5.75 Å². The van der Waals surface area contributed by atoms with Crippen molar-refractivity contribution in [3.05, 3.63) is 55.5 Å². The second-order valence-electron chi connectivity index (χ2n) is 6.02. The third-order valence-electron chi connectivity index (χ3n) is 4.03. The van der Waals surface area contributed by atoms with E-state index in [1.54, 1.807) is 18.6 Å². The molecule has 0 fully saturated rings. The van der Waals surface area contributed by atoms with Crippen molar-refractivity contribution in [2.45, 2.75) is 51.4 Å². The first-order chi connectivity index (χ1) is 11.9. The Hall–Kier alpha value is -2.16. The van der Waals surface area contributed by atoms with E-state index in [4.69, 9.17) is 4.74 Å². The van der Waals surface area contributed by atoms with Gasteiger partial charge in [0, 0.05) is 18.0 Å². The maximum Gasteiger partial charge on any atom is 0.119 e. The minimum atomic E-state index is 0.793. The van der Waals surface area contributed by atoms with E-state index in [0.29, 0.717) is 0 Å². The first-order valence-electron chi connectivity index (χ1n) is 9.00. The minimum Gasteiger partial charge on any atom is -0.494 e. The highest BCUT2D eigenvalue weighted by molar-refractivity contribution is 5.58. The first-order valence-corrected chi connectivity index (χ1v) is 9.00. The lowest BCUT2D eigenvalue weighted by Gasteiger charge is -2.07. The molecule has 0 saturated carbocycles. The van der Waals surface area contributed by atoms with Crippen LogP contribution in [0.4, 0.5) is 0 Å². The number of allylic oxidation sites excluding steroid dienone is 1. The number of ether oxygens (including phenoxy) is 1. The molecule has 0 unspecified atom stereocenters. The maximum atomic E-state index is 5.81. The summed E-state index contributed by atoms with van der Waals surface area (Å²) in [5, 5.41) is 0. The molecule has 0 aliphatic heterocycles. The molecule has 0 bridgehead atoms. The Labute approximate surface area is 145 Å². The zero-order valence-electron chi connectivity index (χ0n) is 14.5. The van der Waals surface area contributed by atoms with Crippen molar-refractivity contribution >= 4 is 0 Å². The van der Waals surface area contributed by atoms with Crippen LogP contribution in [0.25, 0.3) is 11.3 Å². The van der Waals surface area contributed by atoms with Crippen LogP contribution in [0.5, 0.6) is 5.75 Å². The predicted molar refractivity (Wildman–Crippen MR) is 100 cm³/mol. The maximum absolute atomic E-state index is 5.81. The summed E-state index contributed by atoms with van der Waals surface area (Å²) >= 11 is 0. The highest BCUT2D eigenvalue weighted by Gasteiger charge is 2.00. The molecule has 0 N–H and O–H groups in total. The lowest BCUT2D eigenvalue weighted by atomic mass is 10.1. The Bertz CT molecular complexity index is 566. The van der Waals surface area contributed by atoms with Gasteiger partial charge < -0.3 is 4.74 Å².